The molecule has 1 aromatic carbocycles. The molecule has 6 nitrogen and oxygen atoms in total. The third-order valence-electron chi connectivity index (χ3n) is 7.00. The SMILES string of the molecule is O=C(NC1CN2CCC1CC2)c1nn(C2CC2)c2cc([AsH]C(=O)C3CC3)ccc12. The fourth-order valence-corrected chi connectivity index (χ4v) is 7.35. The number of piperidine rings is 3. The summed E-state index contributed by atoms with van der Waals surface area (Å²) in [6, 6.07) is 6.89. The predicted molar refractivity (Wildman–Crippen MR) is 113 cm³/mol. The molecule has 2 aliphatic carbocycles. The van der Waals surface area contributed by atoms with Gasteiger partial charge in [0.15, 0.2) is 0 Å². The molecule has 1 amide bonds. The van der Waals surface area contributed by atoms with E-state index in [4.69, 9.17) is 5.10 Å². The van der Waals surface area contributed by atoms with Crippen molar-refractivity contribution in [1.29, 1.82) is 0 Å². The average Bonchev–Trinajstić information content (AvgIpc) is 3.65. The number of nitrogens with zero attached hydrogens (tertiary/aromatic N) is 3. The fraction of sp³-hybridized carbons (Fsp3) is 0.591. The van der Waals surface area contributed by atoms with Crippen molar-refractivity contribution >= 4 is 41.5 Å². The van der Waals surface area contributed by atoms with Crippen molar-refractivity contribution in [2.45, 2.75) is 50.6 Å². The van der Waals surface area contributed by atoms with Crippen molar-refractivity contribution < 1.29 is 9.59 Å². The van der Waals surface area contributed by atoms with Crippen LogP contribution < -0.4 is 9.67 Å². The number of carbonyl (C=O) groups excluding carboxylic acids is 2. The van der Waals surface area contributed by atoms with Gasteiger partial charge in [0.25, 0.3) is 0 Å². The molecule has 1 N–H and O–H groups in total. The molecule has 5 aliphatic rings. The number of rotatable bonds is 6. The summed E-state index contributed by atoms with van der Waals surface area (Å²) in [6.07, 6.45) is 6.77. The van der Waals surface area contributed by atoms with Crippen LogP contribution in [0, 0.1) is 11.8 Å². The Labute approximate surface area is 177 Å². The molecule has 3 saturated heterocycles. The van der Waals surface area contributed by atoms with Gasteiger partial charge in [-0.3, -0.25) is 0 Å². The van der Waals surface area contributed by atoms with Crippen LogP contribution in [0.5, 0.6) is 0 Å². The number of hydrogen-bond acceptors (Lipinski definition) is 4. The Hall–Kier alpha value is -1.65. The standard InChI is InChI=1S/C22H27AsN4O2/c28-21(14-1-2-14)23-15-3-6-17-19(11-15)27(16-4-5-16)25-20(17)22(29)24-18-12-26-9-7-13(18)8-10-26/h3,6,11,13-14,16,18,23H,1-2,4-5,7-10,12H2,(H,24,29). The van der Waals surface area contributed by atoms with Gasteiger partial charge in [-0.25, -0.2) is 0 Å². The van der Waals surface area contributed by atoms with Crippen LogP contribution in [0.3, 0.4) is 0 Å². The fourth-order valence-electron chi connectivity index (χ4n) is 4.94. The van der Waals surface area contributed by atoms with Crippen LogP contribution in [-0.2, 0) is 4.79 Å². The number of hydrogen-bond donors (Lipinski definition) is 1. The van der Waals surface area contributed by atoms with E-state index in [2.05, 4.69) is 27.0 Å². The molecule has 7 heteroatoms. The first-order chi connectivity index (χ1) is 14.2. The van der Waals surface area contributed by atoms with Crippen molar-refractivity contribution in [3.05, 3.63) is 23.9 Å². The summed E-state index contributed by atoms with van der Waals surface area (Å²) in [4.78, 5) is 27.9. The van der Waals surface area contributed by atoms with Gasteiger partial charge < -0.3 is 0 Å². The first-order valence-corrected chi connectivity index (χ1v) is 13.1. The van der Waals surface area contributed by atoms with E-state index < -0.39 is 15.8 Å². The zero-order valence-electron chi connectivity index (χ0n) is 16.6. The van der Waals surface area contributed by atoms with E-state index in [0.717, 1.165) is 43.1 Å². The zero-order chi connectivity index (χ0) is 19.5. The van der Waals surface area contributed by atoms with Gasteiger partial charge in [-0.15, -0.1) is 0 Å². The van der Waals surface area contributed by atoms with Crippen molar-refractivity contribution in [2.24, 2.45) is 11.8 Å². The molecule has 4 heterocycles. The number of aromatic nitrogens is 2. The van der Waals surface area contributed by atoms with Gasteiger partial charge in [0.2, 0.25) is 0 Å². The van der Waals surface area contributed by atoms with E-state index in [1.54, 1.807) is 0 Å². The molecule has 2 atom stereocenters. The van der Waals surface area contributed by atoms with Crippen molar-refractivity contribution in [3.63, 3.8) is 0 Å². The molecule has 1 aromatic heterocycles. The van der Waals surface area contributed by atoms with E-state index in [9.17, 15) is 9.59 Å². The van der Waals surface area contributed by atoms with E-state index >= 15 is 0 Å². The third-order valence-corrected chi connectivity index (χ3v) is 9.64. The Bertz CT molecular complexity index is 986. The van der Waals surface area contributed by atoms with Gasteiger partial charge in [0.1, 0.15) is 0 Å². The molecular formula is C22H27AsN4O2. The Balaban J connectivity index is 1.28. The van der Waals surface area contributed by atoms with Gasteiger partial charge in [-0.2, -0.15) is 0 Å². The summed E-state index contributed by atoms with van der Waals surface area (Å²) in [7, 11) is 0. The molecule has 7 rings (SSSR count). The number of nitrogens with one attached hydrogen (secondary N) is 1. The van der Waals surface area contributed by atoms with E-state index in [1.165, 1.54) is 30.3 Å². The van der Waals surface area contributed by atoms with Gasteiger partial charge in [0, 0.05) is 0 Å². The van der Waals surface area contributed by atoms with Crippen LogP contribution in [0.1, 0.15) is 55.1 Å². The Morgan fingerprint density at radius 2 is 1.86 bits per heavy atom. The minimum absolute atomic E-state index is 0.0361. The molecule has 2 bridgehead atoms. The Morgan fingerprint density at radius 3 is 2.52 bits per heavy atom. The summed E-state index contributed by atoms with van der Waals surface area (Å²) in [6.45, 7) is 3.31. The van der Waals surface area contributed by atoms with Gasteiger partial charge in [-0.05, 0) is 0 Å². The molecule has 2 unspecified atom stereocenters. The Morgan fingerprint density at radius 1 is 1.07 bits per heavy atom. The van der Waals surface area contributed by atoms with Crippen molar-refractivity contribution in [2.75, 3.05) is 19.6 Å². The summed E-state index contributed by atoms with van der Waals surface area (Å²) in [5.74, 6) is 0.902. The molecule has 5 fully saturated rings. The predicted octanol–water partition coefficient (Wildman–Crippen LogP) is 1.19. The first-order valence-electron chi connectivity index (χ1n) is 11.0. The summed E-state index contributed by atoms with van der Waals surface area (Å²) in [5, 5.41) is 9.00. The number of carbonyl (C=O) groups is 2. The van der Waals surface area contributed by atoms with Crippen LogP contribution in [0.25, 0.3) is 10.9 Å². The molecular weight excluding hydrogens is 427 g/mol. The third kappa shape index (κ3) is 3.44. The maximum atomic E-state index is 13.2. The van der Waals surface area contributed by atoms with Crippen LogP contribution >= 0.6 is 0 Å². The maximum absolute atomic E-state index is 13.2. The minimum atomic E-state index is -0.763. The second-order valence-corrected chi connectivity index (χ2v) is 12.0. The van der Waals surface area contributed by atoms with Gasteiger partial charge in [0.05, 0.1) is 0 Å². The van der Waals surface area contributed by atoms with Gasteiger partial charge in [-0.1, -0.05) is 0 Å². The molecule has 2 saturated carbocycles. The molecule has 2 aromatic rings. The van der Waals surface area contributed by atoms with Crippen LogP contribution in [-0.4, -0.2) is 66.6 Å². The normalized spacial score (nSPS) is 29.0. The molecule has 0 spiro atoms. The summed E-state index contributed by atoms with van der Waals surface area (Å²) < 4.78 is 3.69. The van der Waals surface area contributed by atoms with Crippen molar-refractivity contribution in [1.82, 2.24) is 20.0 Å². The number of fused-ring (bicyclic) bond motifs is 4. The molecule has 0 radical (unpaired) electrons. The zero-order valence-corrected chi connectivity index (χ0v) is 18.7. The average molecular weight is 454 g/mol. The molecule has 152 valence electrons. The number of amides is 1. The van der Waals surface area contributed by atoms with Crippen LogP contribution in [0.4, 0.5) is 0 Å². The first kappa shape index (κ1) is 18.1. The van der Waals surface area contributed by atoms with E-state index in [-0.39, 0.29) is 11.9 Å². The van der Waals surface area contributed by atoms with Crippen LogP contribution in [0.15, 0.2) is 18.2 Å². The van der Waals surface area contributed by atoms with E-state index in [0.29, 0.717) is 28.1 Å². The summed E-state index contributed by atoms with van der Waals surface area (Å²) in [5.41, 5.74) is 1.60. The monoisotopic (exact) mass is 454 g/mol. The quantitative estimate of drug-likeness (QED) is 0.667. The van der Waals surface area contributed by atoms with E-state index in [1.807, 2.05) is 6.07 Å². The molecule has 29 heavy (non-hydrogen) atoms. The second kappa shape index (κ2) is 6.95. The summed E-state index contributed by atoms with van der Waals surface area (Å²) >= 11 is -0.763. The molecule has 3 aliphatic heterocycles. The topological polar surface area (TPSA) is 67.2 Å². The van der Waals surface area contributed by atoms with Crippen molar-refractivity contribution in [3.8, 4) is 0 Å². The van der Waals surface area contributed by atoms with Gasteiger partial charge >= 0.3 is 177 Å². The van der Waals surface area contributed by atoms with Crippen LogP contribution in [0.2, 0.25) is 0 Å². The second-order valence-electron chi connectivity index (χ2n) is 9.24. The Kier molecular flexibility index (Phi) is 4.35. The number of benzene rings is 1.